The van der Waals surface area contributed by atoms with Gasteiger partial charge in [-0.2, -0.15) is 0 Å². The number of rotatable bonds is 6. The smallest absolute Gasteiger partial charge is 0.0108 e. The molecule has 0 aliphatic carbocycles. The summed E-state index contributed by atoms with van der Waals surface area (Å²) in [4.78, 5) is 0. The van der Waals surface area contributed by atoms with Crippen LogP contribution in [0.2, 0.25) is 0 Å². The van der Waals surface area contributed by atoms with Crippen molar-refractivity contribution in [1.82, 2.24) is 5.32 Å². The first kappa shape index (κ1) is 13.8. The Bertz CT molecular complexity index is 490. The molecule has 1 heteroatoms. The minimum atomic E-state index is 0.543. The van der Waals surface area contributed by atoms with Gasteiger partial charge in [0.05, 0.1) is 0 Å². The highest BCUT2D eigenvalue weighted by Crippen LogP contribution is 2.13. The quantitative estimate of drug-likeness (QED) is 0.826. The molecule has 0 spiro atoms. The van der Waals surface area contributed by atoms with E-state index < -0.39 is 0 Å². The van der Waals surface area contributed by atoms with Crippen LogP contribution in [0.4, 0.5) is 0 Å². The third-order valence-corrected chi connectivity index (χ3v) is 3.76. The van der Waals surface area contributed by atoms with Gasteiger partial charge in [-0.25, -0.2) is 0 Å². The maximum absolute atomic E-state index is 3.45. The zero-order chi connectivity index (χ0) is 13.5. The van der Waals surface area contributed by atoms with Crippen LogP contribution in [0.15, 0.2) is 54.6 Å². The highest BCUT2D eigenvalue weighted by molar-refractivity contribution is 5.26. The summed E-state index contributed by atoms with van der Waals surface area (Å²) in [6.07, 6.45) is 3.42. The number of hydrogen-bond acceptors (Lipinski definition) is 1. The van der Waals surface area contributed by atoms with Gasteiger partial charge in [0.25, 0.3) is 0 Å². The van der Waals surface area contributed by atoms with E-state index in [1.807, 2.05) is 0 Å². The Morgan fingerprint density at radius 1 is 0.947 bits per heavy atom. The Balaban J connectivity index is 1.92. The number of likely N-dealkylation sites (N-methyl/N-ethyl adjacent to an activating group) is 1. The lowest BCUT2D eigenvalue weighted by atomic mass is 9.97. The summed E-state index contributed by atoms with van der Waals surface area (Å²) in [6, 6.07) is 19.9. The molecule has 0 fully saturated rings. The molecule has 1 atom stereocenters. The van der Waals surface area contributed by atoms with Crippen molar-refractivity contribution in [3.05, 3.63) is 71.3 Å². The molecule has 0 radical (unpaired) electrons. The van der Waals surface area contributed by atoms with Crippen molar-refractivity contribution in [2.75, 3.05) is 7.05 Å². The minimum Gasteiger partial charge on any atom is -0.317 e. The third-order valence-electron chi connectivity index (χ3n) is 3.76. The predicted molar refractivity (Wildman–Crippen MR) is 82.5 cm³/mol. The summed E-state index contributed by atoms with van der Waals surface area (Å²) in [6.45, 7) is 2.19. The summed E-state index contributed by atoms with van der Waals surface area (Å²) in [5, 5.41) is 3.45. The molecular weight excluding hydrogens is 230 g/mol. The Labute approximate surface area is 116 Å². The van der Waals surface area contributed by atoms with Crippen molar-refractivity contribution in [1.29, 1.82) is 0 Å². The monoisotopic (exact) mass is 253 g/mol. The molecule has 0 saturated heterocycles. The zero-order valence-corrected chi connectivity index (χ0v) is 11.9. The highest BCUT2D eigenvalue weighted by Gasteiger charge is 2.08. The topological polar surface area (TPSA) is 12.0 Å². The highest BCUT2D eigenvalue weighted by atomic mass is 14.9. The van der Waals surface area contributed by atoms with Crippen LogP contribution in [0.1, 0.15) is 23.1 Å². The van der Waals surface area contributed by atoms with Crippen molar-refractivity contribution in [3.8, 4) is 0 Å². The fourth-order valence-electron chi connectivity index (χ4n) is 2.44. The lowest BCUT2D eigenvalue weighted by molar-refractivity contribution is 0.519. The first-order valence-electron chi connectivity index (χ1n) is 7.05. The van der Waals surface area contributed by atoms with Gasteiger partial charge in [-0.1, -0.05) is 54.6 Å². The largest absolute Gasteiger partial charge is 0.317 e. The average molecular weight is 253 g/mol. The maximum atomic E-state index is 3.45. The van der Waals surface area contributed by atoms with Gasteiger partial charge in [-0.3, -0.25) is 0 Å². The van der Waals surface area contributed by atoms with E-state index in [4.69, 9.17) is 0 Å². The van der Waals surface area contributed by atoms with Crippen LogP contribution < -0.4 is 5.32 Å². The van der Waals surface area contributed by atoms with Crippen molar-refractivity contribution in [3.63, 3.8) is 0 Å². The molecule has 0 aliphatic rings. The Morgan fingerprint density at radius 2 is 1.63 bits per heavy atom. The number of nitrogens with one attached hydrogen (secondary N) is 1. The molecule has 1 unspecified atom stereocenters. The lowest BCUT2D eigenvalue weighted by Crippen LogP contribution is -2.28. The average Bonchev–Trinajstić information content (AvgIpc) is 2.46. The van der Waals surface area contributed by atoms with Crippen LogP contribution >= 0.6 is 0 Å². The molecule has 1 nitrogen and oxygen atoms in total. The van der Waals surface area contributed by atoms with Crippen molar-refractivity contribution in [2.45, 2.75) is 32.2 Å². The SMILES string of the molecule is CNC(CCc1ccccc1)Cc1ccccc1C. The first-order valence-corrected chi connectivity index (χ1v) is 7.05. The second kappa shape index (κ2) is 7.10. The summed E-state index contributed by atoms with van der Waals surface area (Å²) >= 11 is 0. The zero-order valence-electron chi connectivity index (χ0n) is 11.9. The van der Waals surface area contributed by atoms with Gasteiger partial charge in [0.2, 0.25) is 0 Å². The second-order valence-electron chi connectivity index (χ2n) is 5.14. The van der Waals surface area contributed by atoms with Crippen LogP contribution in [-0.2, 0) is 12.8 Å². The standard InChI is InChI=1S/C18H23N/c1-15-8-6-7-11-17(15)14-18(19-2)13-12-16-9-4-3-5-10-16/h3-11,18-19H,12-14H2,1-2H3. The van der Waals surface area contributed by atoms with Crippen LogP contribution in [-0.4, -0.2) is 13.1 Å². The first-order chi connectivity index (χ1) is 9.29. The number of hydrogen-bond donors (Lipinski definition) is 1. The fraction of sp³-hybridized carbons (Fsp3) is 0.333. The van der Waals surface area contributed by atoms with E-state index in [0.717, 1.165) is 12.8 Å². The maximum Gasteiger partial charge on any atom is 0.0108 e. The van der Waals surface area contributed by atoms with Crippen molar-refractivity contribution < 1.29 is 0 Å². The van der Waals surface area contributed by atoms with E-state index in [9.17, 15) is 0 Å². The predicted octanol–water partition coefficient (Wildman–Crippen LogP) is 3.76. The molecule has 0 heterocycles. The van der Waals surface area contributed by atoms with Gasteiger partial charge in [0.1, 0.15) is 0 Å². The molecule has 2 aromatic rings. The van der Waals surface area contributed by atoms with Gasteiger partial charge in [-0.15, -0.1) is 0 Å². The van der Waals surface area contributed by atoms with E-state index in [0.29, 0.717) is 6.04 Å². The Morgan fingerprint density at radius 3 is 2.32 bits per heavy atom. The molecule has 0 amide bonds. The van der Waals surface area contributed by atoms with Gasteiger partial charge >= 0.3 is 0 Å². The summed E-state index contributed by atoms with van der Waals surface area (Å²) in [5.41, 5.74) is 4.27. The summed E-state index contributed by atoms with van der Waals surface area (Å²) in [5.74, 6) is 0. The Hall–Kier alpha value is -1.60. The van der Waals surface area contributed by atoms with E-state index in [2.05, 4.69) is 73.9 Å². The minimum absolute atomic E-state index is 0.543. The molecule has 1 N–H and O–H groups in total. The second-order valence-corrected chi connectivity index (χ2v) is 5.14. The fourth-order valence-corrected chi connectivity index (χ4v) is 2.44. The van der Waals surface area contributed by atoms with Gasteiger partial charge < -0.3 is 5.32 Å². The van der Waals surface area contributed by atoms with Crippen molar-refractivity contribution >= 4 is 0 Å². The molecule has 0 aliphatic heterocycles. The van der Waals surface area contributed by atoms with E-state index in [1.165, 1.54) is 23.1 Å². The normalized spacial score (nSPS) is 12.3. The molecule has 0 aromatic heterocycles. The molecule has 2 aromatic carbocycles. The van der Waals surface area contributed by atoms with Crippen LogP contribution in [0.3, 0.4) is 0 Å². The van der Waals surface area contributed by atoms with Crippen molar-refractivity contribution in [2.24, 2.45) is 0 Å². The van der Waals surface area contributed by atoms with Gasteiger partial charge in [-0.05, 0) is 49.9 Å². The molecule has 2 rings (SSSR count). The van der Waals surface area contributed by atoms with E-state index >= 15 is 0 Å². The van der Waals surface area contributed by atoms with Crippen LogP contribution in [0.5, 0.6) is 0 Å². The molecule has 0 saturated carbocycles. The molecular formula is C18H23N. The van der Waals surface area contributed by atoms with Gasteiger partial charge in [0, 0.05) is 6.04 Å². The summed E-state index contributed by atoms with van der Waals surface area (Å²) < 4.78 is 0. The van der Waals surface area contributed by atoms with E-state index in [1.54, 1.807) is 0 Å². The molecule has 0 bridgehead atoms. The van der Waals surface area contributed by atoms with Crippen LogP contribution in [0, 0.1) is 6.92 Å². The molecule has 19 heavy (non-hydrogen) atoms. The van der Waals surface area contributed by atoms with E-state index in [-0.39, 0.29) is 0 Å². The lowest BCUT2D eigenvalue weighted by Gasteiger charge is -2.17. The molecule has 100 valence electrons. The third kappa shape index (κ3) is 4.22. The Kier molecular flexibility index (Phi) is 5.17. The van der Waals surface area contributed by atoms with Crippen LogP contribution in [0.25, 0.3) is 0 Å². The number of aryl methyl sites for hydroxylation is 2. The number of benzene rings is 2. The van der Waals surface area contributed by atoms with Gasteiger partial charge in [0.15, 0.2) is 0 Å². The summed E-state index contributed by atoms with van der Waals surface area (Å²) in [7, 11) is 2.06.